The predicted octanol–water partition coefficient (Wildman–Crippen LogP) is 3.16. The lowest BCUT2D eigenvalue weighted by Gasteiger charge is -2.32. The summed E-state index contributed by atoms with van der Waals surface area (Å²) in [4.78, 5) is 2.51. The van der Waals surface area contributed by atoms with E-state index in [4.69, 9.17) is 4.74 Å². The second-order valence-corrected chi connectivity index (χ2v) is 6.38. The number of phenolic OH excluding ortho intramolecular Hbond substituents is 1. The van der Waals surface area contributed by atoms with Crippen molar-refractivity contribution in [3.05, 3.63) is 59.7 Å². The van der Waals surface area contributed by atoms with Crippen LogP contribution in [0, 0.1) is 0 Å². The smallest absolute Gasteiger partial charge is 0.162 e. The molecule has 1 fully saturated rings. The Bertz CT molecular complexity index is 637. The van der Waals surface area contributed by atoms with Gasteiger partial charge in [0, 0.05) is 24.7 Å². The third-order valence-electron chi connectivity index (χ3n) is 4.72. The number of likely N-dealkylation sites (tertiary alicyclic amines) is 1. The molecular formula is C20H26N2O2. The fourth-order valence-corrected chi connectivity index (χ4v) is 3.27. The average Bonchev–Trinajstić information content (AvgIpc) is 2.63. The lowest BCUT2D eigenvalue weighted by molar-refractivity contribution is 0.190. The van der Waals surface area contributed by atoms with Crippen LogP contribution in [0.3, 0.4) is 0 Å². The molecule has 24 heavy (non-hydrogen) atoms. The van der Waals surface area contributed by atoms with Crippen LogP contribution in [0.25, 0.3) is 0 Å². The molecule has 0 saturated carbocycles. The quantitative estimate of drug-likeness (QED) is 0.856. The minimum Gasteiger partial charge on any atom is -0.504 e. The molecule has 0 spiro atoms. The number of nitrogens with one attached hydrogen (secondary N) is 1. The second-order valence-electron chi connectivity index (χ2n) is 6.38. The minimum absolute atomic E-state index is 0.244. The van der Waals surface area contributed by atoms with Crippen LogP contribution in [0.5, 0.6) is 11.5 Å². The highest BCUT2D eigenvalue weighted by Gasteiger charge is 2.19. The molecule has 2 N–H and O–H groups in total. The lowest BCUT2D eigenvalue weighted by atomic mass is 10.0. The van der Waals surface area contributed by atoms with Crippen molar-refractivity contribution in [2.24, 2.45) is 0 Å². The van der Waals surface area contributed by atoms with E-state index in [-0.39, 0.29) is 5.75 Å². The van der Waals surface area contributed by atoms with E-state index in [2.05, 4.69) is 40.5 Å². The SMILES string of the molecule is COc1cccc(CNC2CCN(Cc3ccccc3)CC2)c1O. The zero-order chi connectivity index (χ0) is 16.8. The van der Waals surface area contributed by atoms with Gasteiger partial charge in [0.15, 0.2) is 11.5 Å². The van der Waals surface area contributed by atoms with Gasteiger partial charge < -0.3 is 15.2 Å². The number of methoxy groups -OCH3 is 1. The van der Waals surface area contributed by atoms with E-state index in [9.17, 15) is 5.11 Å². The van der Waals surface area contributed by atoms with Gasteiger partial charge in [0.05, 0.1) is 7.11 Å². The van der Waals surface area contributed by atoms with E-state index >= 15 is 0 Å². The van der Waals surface area contributed by atoms with Crippen LogP contribution in [-0.4, -0.2) is 36.2 Å². The predicted molar refractivity (Wildman–Crippen MR) is 96.2 cm³/mol. The summed E-state index contributed by atoms with van der Waals surface area (Å²) in [6, 6.07) is 16.8. The zero-order valence-electron chi connectivity index (χ0n) is 14.2. The Morgan fingerprint density at radius 3 is 2.54 bits per heavy atom. The number of phenols is 1. The summed E-state index contributed by atoms with van der Waals surface area (Å²) in [5.74, 6) is 0.779. The maximum atomic E-state index is 10.2. The van der Waals surface area contributed by atoms with Crippen molar-refractivity contribution in [2.45, 2.75) is 32.0 Å². The highest BCUT2D eigenvalue weighted by Crippen LogP contribution is 2.29. The molecule has 1 saturated heterocycles. The molecule has 4 nitrogen and oxygen atoms in total. The lowest BCUT2D eigenvalue weighted by Crippen LogP contribution is -2.41. The monoisotopic (exact) mass is 326 g/mol. The molecule has 0 radical (unpaired) electrons. The van der Waals surface area contributed by atoms with Gasteiger partial charge in [-0.2, -0.15) is 0 Å². The first-order valence-corrected chi connectivity index (χ1v) is 8.61. The summed E-state index contributed by atoms with van der Waals surface area (Å²) in [6.07, 6.45) is 2.27. The van der Waals surface area contributed by atoms with Gasteiger partial charge in [-0.15, -0.1) is 0 Å². The zero-order valence-corrected chi connectivity index (χ0v) is 14.2. The second kappa shape index (κ2) is 8.18. The fourth-order valence-electron chi connectivity index (χ4n) is 3.27. The maximum absolute atomic E-state index is 10.2. The van der Waals surface area contributed by atoms with E-state index in [0.29, 0.717) is 18.3 Å². The minimum atomic E-state index is 0.244. The van der Waals surface area contributed by atoms with E-state index in [0.717, 1.165) is 38.0 Å². The highest BCUT2D eigenvalue weighted by atomic mass is 16.5. The van der Waals surface area contributed by atoms with Gasteiger partial charge in [0.1, 0.15) is 0 Å². The summed E-state index contributed by atoms with van der Waals surface area (Å²) in [5.41, 5.74) is 2.27. The van der Waals surface area contributed by atoms with Crippen molar-refractivity contribution in [2.75, 3.05) is 20.2 Å². The standard InChI is InChI=1S/C20H26N2O2/c1-24-19-9-5-8-17(20(19)23)14-21-18-10-12-22(13-11-18)15-16-6-3-2-4-7-16/h2-9,18,21,23H,10-15H2,1H3. The first-order chi connectivity index (χ1) is 11.8. The number of piperidine rings is 1. The molecule has 3 rings (SSSR count). The molecule has 0 amide bonds. The van der Waals surface area contributed by atoms with Gasteiger partial charge in [-0.05, 0) is 37.6 Å². The number of hydrogen-bond donors (Lipinski definition) is 2. The number of rotatable bonds is 6. The molecule has 1 aliphatic rings. The number of hydrogen-bond acceptors (Lipinski definition) is 4. The van der Waals surface area contributed by atoms with Crippen molar-refractivity contribution in [1.82, 2.24) is 10.2 Å². The van der Waals surface area contributed by atoms with Gasteiger partial charge in [0.25, 0.3) is 0 Å². The number of para-hydroxylation sites is 1. The largest absolute Gasteiger partial charge is 0.504 e. The topological polar surface area (TPSA) is 44.7 Å². The molecule has 0 aliphatic carbocycles. The normalized spacial score (nSPS) is 16.2. The van der Waals surface area contributed by atoms with Gasteiger partial charge in [-0.25, -0.2) is 0 Å². The molecule has 1 heterocycles. The highest BCUT2D eigenvalue weighted by molar-refractivity contribution is 5.45. The number of aromatic hydroxyl groups is 1. The van der Waals surface area contributed by atoms with Crippen LogP contribution in [0.2, 0.25) is 0 Å². The maximum Gasteiger partial charge on any atom is 0.162 e. The third kappa shape index (κ3) is 4.28. The van der Waals surface area contributed by atoms with Gasteiger partial charge in [-0.3, -0.25) is 4.90 Å². The van der Waals surface area contributed by atoms with Gasteiger partial charge in [0.2, 0.25) is 0 Å². The first-order valence-electron chi connectivity index (χ1n) is 8.61. The Labute approximate surface area is 144 Å². The molecule has 0 unspecified atom stereocenters. The Morgan fingerprint density at radius 2 is 1.83 bits per heavy atom. The molecule has 2 aromatic rings. The van der Waals surface area contributed by atoms with Crippen molar-refractivity contribution < 1.29 is 9.84 Å². The number of benzene rings is 2. The number of nitrogens with zero attached hydrogens (tertiary/aromatic N) is 1. The van der Waals surface area contributed by atoms with E-state index in [1.807, 2.05) is 12.1 Å². The number of ether oxygens (including phenoxy) is 1. The van der Waals surface area contributed by atoms with Crippen LogP contribution in [0.4, 0.5) is 0 Å². The Balaban J connectivity index is 1.46. The van der Waals surface area contributed by atoms with Gasteiger partial charge >= 0.3 is 0 Å². The summed E-state index contributed by atoms with van der Waals surface area (Å²) >= 11 is 0. The van der Waals surface area contributed by atoms with E-state index in [1.165, 1.54) is 5.56 Å². The van der Waals surface area contributed by atoms with Crippen molar-refractivity contribution in [1.29, 1.82) is 0 Å². The Kier molecular flexibility index (Phi) is 5.72. The van der Waals surface area contributed by atoms with E-state index < -0.39 is 0 Å². The van der Waals surface area contributed by atoms with E-state index in [1.54, 1.807) is 13.2 Å². The molecule has 0 bridgehead atoms. The molecule has 128 valence electrons. The molecule has 1 aliphatic heterocycles. The molecule has 2 aromatic carbocycles. The Morgan fingerprint density at radius 1 is 1.08 bits per heavy atom. The third-order valence-corrected chi connectivity index (χ3v) is 4.72. The van der Waals surface area contributed by atoms with Crippen LogP contribution in [-0.2, 0) is 13.1 Å². The Hall–Kier alpha value is -2.04. The molecular weight excluding hydrogens is 300 g/mol. The summed E-state index contributed by atoms with van der Waals surface area (Å²) < 4.78 is 5.16. The summed E-state index contributed by atoms with van der Waals surface area (Å²) in [5, 5.41) is 13.7. The van der Waals surface area contributed by atoms with Crippen molar-refractivity contribution in [3.8, 4) is 11.5 Å². The molecule has 0 aromatic heterocycles. The first kappa shape index (κ1) is 16.8. The van der Waals surface area contributed by atoms with Crippen LogP contribution < -0.4 is 10.1 Å². The summed E-state index contributed by atoms with van der Waals surface area (Å²) in [7, 11) is 1.58. The fraction of sp³-hybridized carbons (Fsp3) is 0.400. The van der Waals surface area contributed by atoms with Gasteiger partial charge in [-0.1, -0.05) is 42.5 Å². The van der Waals surface area contributed by atoms with Crippen LogP contribution in [0.1, 0.15) is 24.0 Å². The van der Waals surface area contributed by atoms with Crippen molar-refractivity contribution in [3.63, 3.8) is 0 Å². The average molecular weight is 326 g/mol. The molecule has 4 heteroatoms. The summed E-state index contributed by atoms with van der Waals surface area (Å²) in [6.45, 7) is 3.92. The van der Waals surface area contributed by atoms with Crippen molar-refractivity contribution >= 4 is 0 Å². The molecule has 0 atom stereocenters. The van der Waals surface area contributed by atoms with Crippen LogP contribution in [0.15, 0.2) is 48.5 Å². The van der Waals surface area contributed by atoms with Crippen LogP contribution >= 0.6 is 0 Å².